The van der Waals surface area contributed by atoms with Crippen LogP contribution >= 0.6 is 34.5 Å². The van der Waals surface area contributed by atoms with Crippen molar-refractivity contribution in [3.05, 3.63) is 51.2 Å². The van der Waals surface area contributed by atoms with E-state index in [4.69, 9.17) is 27.9 Å². The van der Waals surface area contributed by atoms with Gasteiger partial charge in [-0.2, -0.15) is 0 Å². The predicted molar refractivity (Wildman–Crippen MR) is 70.0 cm³/mol. The minimum atomic E-state index is -0.214. The maximum Gasteiger partial charge on any atom is 0.123 e. The average Bonchev–Trinajstić information content (AvgIpc) is 2.75. The van der Waals surface area contributed by atoms with Crippen LogP contribution in [0.25, 0.3) is 0 Å². The highest BCUT2D eigenvalue weighted by Gasteiger charge is 2.16. The maximum absolute atomic E-state index is 6.40. The van der Waals surface area contributed by atoms with Crippen LogP contribution in [0.4, 0.5) is 0 Å². The molecule has 1 heterocycles. The van der Waals surface area contributed by atoms with Crippen LogP contribution in [0.3, 0.4) is 0 Å². The molecule has 2 rings (SSSR count). The lowest BCUT2D eigenvalue weighted by Gasteiger charge is -2.12. The zero-order chi connectivity index (χ0) is 11.5. The van der Waals surface area contributed by atoms with Crippen molar-refractivity contribution < 1.29 is 4.74 Å². The van der Waals surface area contributed by atoms with E-state index in [-0.39, 0.29) is 5.38 Å². The lowest BCUT2D eigenvalue weighted by molar-refractivity contribution is 0.410. The molecule has 0 N–H and O–H groups in total. The first-order chi connectivity index (χ1) is 7.72. The molecule has 0 aliphatic heterocycles. The van der Waals surface area contributed by atoms with E-state index in [2.05, 4.69) is 0 Å². The lowest BCUT2D eigenvalue weighted by atomic mass is 10.1. The number of hydrogen-bond acceptors (Lipinski definition) is 2. The second kappa shape index (κ2) is 5.09. The Morgan fingerprint density at radius 1 is 1.19 bits per heavy atom. The summed E-state index contributed by atoms with van der Waals surface area (Å²) in [7, 11) is 1.64. The van der Waals surface area contributed by atoms with E-state index in [1.165, 1.54) is 11.3 Å². The molecule has 0 bridgehead atoms. The first-order valence-corrected chi connectivity index (χ1v) is 6.37. The van der Waals surface area contributed by atoms with Crippen LogP contribution in [-0.2, 0) is 0 Å². The van der Waals surface area contributed by atoms with E-state index >= 15 is 0 Å². The smallest absolute Gasteiger partial charge is 0.123 e. The molecule has 2 aromatic rings. The molecular formula is C12H10Cl2OS. The van der Waals surface area contributed by atoms with Crippen molar-refractivity contribution in [1.82, 2.24) is 0 Å². The van der Waals surface area contributed by atoms with Crippen LogP contribution in [0, 0.1) is 0 Å². The molecule has 0 saturated carbocycles. The van der Waals surface area contributed by atoms with Crippen molar-refractivity contribution in [2.75, 3.05) is 7.11 Å². The monoisotopic (exact) mass is 272 g/mol. The number of rotatable bonds is 3. The molecular weight excluding hydrogens is 263 g/mol. The van der Waals surface area contributed by atoms with Gasteiger partial charge in [0.05, 0.1) is 16.8 Å². The highest BCUT2D eigenvalue weighted by Crippen LogP contribution is 2.38. The Labute approximate surface area is 109 Å². The molecule has 1 atom stereocenters. The van der Waals surface area contributed by atoms with Gasteiger partial charge in [-0.15, -0.1) is 22.9 Å². The van der Waals surface area contributed by atoms with Gasteiger partial charge in [-0.25, -0.2) is 0 Å². The normalized spacial score (nSPS) is 12.4. The number of thiophene rings is 1. The summed E-state index contributed by atoms with van der Waals surface area (Å²) < 4.78 is 6.03. The third-order valence-corrected chi connectivity index (χ3v) is 4.15. The summed E-state index contributed by atoms with van der Waals surface area (Å²) in [4.78, 5) is 1.02. The van der Waals surface area contributed by atoms with Crippen LogP contribution in [0.5, 0.6) is 5.75 Å². The van der Waals surface area contributed by atoms with Crippen molar-refractivity contribution >= 4 is 34.5 Å². The van der Waals surface area contributed by atoms with Gasteiger partial charge in [0.15, 0.2) is 0 Å². The van der Waals surface area contributed by atoms with E-state index in [9.17, 15) is 0 Å². The highest BCUT2D eigenvalue weighted by atomic mass is 35.5. The number of ether oxygens (including phenoxy) is 1. The van der Waals surface area contributed by atoms with E-state index < -0.39 is 0 Å². The molecule has 1 aromatic heterocycles. The minimum Gasteiger partial charge on any atom is -0.496 e. The van der Waals surface area contributed by atoms with Gasteiger partial charge in [-0.05, 0) is 18.2 Å². The van der Waals surface area contributed by atoms with Gasteiger partial charge >= 0.3 is 0 Å². The predicted octanol–water partition coefficient (Wildman–Crippen LogP) is 4.74. The second-order valence-corrected chi connectivity index (χ2v) is 5.43. The van der Waals surface area contributed by atoms with Gasteiger partial charge in [-0.3, -0.25) is 0 Å². The van der Waals surface area contributed by atoms with Gasteiger partial charge in [0, 0.05) is 10.4 Å². The summed E-state index contributed by atoms with van der Waals surface area (Å²) in [5.41, 5.74) is 0.963. The molecule has 1 aromatic carbocycles. The van der Waals surface area contributed by atoms with E-state index in [0.29, 0.717) is 0 Å². The Bertz CT molecular complexity index is 481. The summed E-state index contributed by atoms with van der Waals surface area (Å²) in [6.07, 6.45) is 0. The summed E-state index contributed by atoms with van der Waals surface area (Å²) in [5, 5.41) is -0.214. The molecule has 1 nitrogen and oxygen atoms in total. The fourth-order valence-corrected chi connectivity index (χ4v) is 2.94. The minimum absolute atomic E-state index is 0.214. The largest absolute Gasteiger partial charge is 0.496 e. The molecule has 0 amide bonds. The highest BCUT2D eigenvalue weighted by molar-refractivity contribution is 7.16. The number of methoxy groups -OCH3 is 1. The van der Waals surface area contributed by atoms with Gasteiger partial charge < -0.3 is 4.74 Å². The van der Waals surface area contributed by atoms with Crippen LogP contribution in [0.2, 0.25) is 4.34 Å². The van der Waals surface area contributed by atoms with Gasteiger partial charge in [-0.1, -0.05) is 29.8 Å². The van der Waals surface area contributed by atoms with Gasteiger partial charge in [0.2, 0.25) is 0 Å². The molecule has 0 saturated heterocycles. The number of para-hydroxylation sites is 1. The quantitative estimate of drug-likeness (QED) is 0.734. The first kappa shape index (κ1) is 11.8. The molecule has 0 aliphatic rings. The third-order valence-electron chi connectivity index (χ3n) is 2.26. The van der Waals surface area contributed by atoms with Crippen LogP contribution < -0.4 is 4.74 Å². The van der Waals surface area contributed by atoms with Crippen molar-refractivity contribution in [2.24, 2.45) is 0 Å². The third kappa shape index (κ3) is 2.34. The van der Waals surface area contributed by atoms with E-state index in [1.54, 1.807) is 7.11 Å². The summed E-state index contributed by atoms with van der Waals surface area (Å²) in [6, 6.07) is 11.5. The maximum atomic E-state index is 6.40. The van der Waals surface area contributed by atoms with E-state index in [1.807, 2.05) is 36.4 Å². The second-order valence-electron chi connectivity index (χ2n) is 3.25. The Hall–Kier alpha value is -0.700. The Morgan fingerprint density at radius 3 is 2.56 bits per heavy atom. The fraction of sp³-hybridized carbons (Fsp3) is 0.167. The van der Waals surface area contributed by atoms with Gasteiger partial charge in [0.1, 0.15) is 5.75 Å². The molecule has 1 unspecified atom stereocenters. The summed E-state index contributed by atoms with van der Waals surface area (Å²) in [5.74, 6) is 0.798. The topological polar surface area (TPSA) is 9.23 Å². The number of halogens is 2. The van der Waals surface area contributed by atoms with Crippen LogP contribution in [0.1, 0.15) is 15.8 Å². The molecule has 84 valence electrons. The SMILES string of the molecule is COc1ccccc1C(Cl)c1ccc(Cl)s1. The van der Waals surface area contributed by atoms with Crippen molar-refractivity contribution in [2.45, 2.75) is 5.38 Å². The Balaban J connectivity index is 2.36. The molecule has 16 heavy (non-hydrogen) atoms. The molecule has 0 fully saturated rings. The van der Waals surface area contributed by atoms with Crippen molar-refractivity contribution in [1.29, 1.82) is 0 Å². The Kier molecular flexibility index (Phi) is 3.74. The number of hydrogen-bond donors (Lipinski definition) is 0. The molecule has 4 heteroatoms. The Morgan fingerprint density at radius 2 is 1.94 bits per heavy atom. The van der Waals surface area contributed by atoms with Crippen molar-refractivity contribution in [3.8, 4) is 5.75 Å². The first-order valence-electron chi connectivity index (χ1n) is 4.74. The van der Waals surface area contributed by atoms with Crippen LogP contribution in [0.15, 0.2) is 36.4 Å². The zero-order valence-electron chi connectivity index (χ0n) is 8.61. The summed E-state index contributed by atoms with van der Waals surface area (Å²) >= 11 is 13.8. The van der Waals surface area contributed by atoms with Gasteiger partial charge in [0.25, 0.3) is 0 Å². The lowest BCUT2D eigenvalue weighted by Crippen LogP contribution is -1.94. The number of alkyl halides is 1. The molecule has 0 radical (unpaired) electrons. The van der Waals surface area contributed by atoms with Crippen LogP contribution in [-0.4, -0.2) is 7.11 Å². The average molecular weight is 273 g/mol. The van der Waals surface area contributed by atoms with E-state index in [0.717, 1.165) is 20.5 Å². The molecule has 0 spiro atoms. The molecule has 0 aliphatic carbocycles. The standard InChI is InChI=1S/C12H10Cl2OS/c1-15-9-5-3-2-4-8(9)12(14)10-6-7-11(13)16-10/h2-7,12H,1H3. The fourth-order valence-electron chi connectivity index (χ4n) is 1.49. The van der Waals surface area contributed by atoms with Crippen molar-refractivity contribution in [3.63, 3.8) is 0 Å². The summed E-state index contributed by atoms with van der Waals surface area (Å²) in [6.45, 7) is 0. The zero-order valence-corrected chi connectivity index (χ0v) is 10.9. The number of benzene rings is 1.